The normalized spacial score (nSPS) is 29.5. The number of unbranched alkanes of at least 4 members (excludes halogenated alkanes) is 1. The average Bonchev–Trinajstić information content (AvgIpc) is 2.42. The second kappa shape index (κ2) is 8.48. The van der Waals surface area contributed by atoms with Crippen LogP contribution < -0.4 is 0 Å². The van der Waals surface area contributed by atoms with Gasteiger partial charge in [0.25, 0.3) is 0 Å². The van der Waals surface area contributed by atoms with Crippen LogP contribution in [0.5, 0.6) is 0 Å². The summed E-state index contributed by atoms with van der Waals surface area (Å²) in [6, 6.07) is 0. The van der Waals surface area contributed by atoms with Crippen molar-refractivity contribution in [2.24, 2.45) is 11.3 Å². The summed E-state index contributed by atoms with van der Waals surface area (Å²) < 4.78 is 17.2. The Morgan fingerprint density at radius 1 is 1.04 bits per heavy atom. The van der Waals surface area contributed by atoms with Crippen molar-refractivity contribution in [2.45, 2.75) is 77.6 Å². The molecule has 0 unspecified atom stereocenters. The largest absolute Gasteiger partial charge is 0.382 e. The fourth-order valence-electron chi connectivity index (χ4n) is 4.70. The van der Waals surface area contributed by atoms with Crippen LogP contribution in [-0.4, -0.2) is 62.7 Å². The van der Waals surface area contributed by atoms with Crippen molar-refractivity contribution in [1.29, 1.82) is 0 Å². The first-order valence-corrected chi connectivity index (χ1v) is 10.2. The maximum Gasteiger partial charge on any atom is 0.0587 e. The number of nitrogens with zero attached hydrogens (tertiary/aromatic N) is 1. The van der Waals surface area contributed by atoms with Crippen LogP contribution in [0.1, 0.15) is 59.3 Å². The van der Waals surface area contributed by atoms with E-state index in [4.69, 9.17) is 14.2 Å². The van der Waals surface area contributed by atoms with Crippen LogP contribution in [0.2, 0.25) is 0 Å². The first-order valence-electron chi connectivity index (χ1n) is 10.2. The Bertz CT molecular complexity index is 367. The lowest BCUT2D eigenvalue weighted by atomic mass is 9.61. The highest BCUT2D eigenvalue weighted by atomic mass is 16.5. The van der Waals surface area contributed by atoms with Gasteiger partial charge >= 0.3 is 0 Å². The molecule has 4 heteroatoms. The van der Waals surface area contributed by atoms with Gasteiger partial charge in [-0.15, -0.1) is 0 Å². The van der Waals surface area contributed by atoms with Crippen molar-refractivity contribution in [3.05, 3.63) is 0 Å². The van der Waals surface area contributed by atoms with Crippen molar-refractivity contribution in [2.75, 3.05) is 39.5 Å². The Morgan fingerprint density at radius 2 is 1.75 bits per heavy atom. The van der Waals surface area contributed by atoms with E-state index in [2.05, 4.69) is 25.7 Å². The smallest absolute Gasteiger partial charge is 0.0587 e. The average molecular weight is 340 g/mol. The van der Waals surface area contributed by atoms with Crippen molar-refractivity contribution in [3.8, 4) is 0 Å². The van der Waals surface area contributed by atoms with Crippen LogP contribution in [0.25, 0.3) is 0 Å². The molecule has 0 N–H and O–H groups in total. The molecular weight excluding hydrogens is 302 g/mol. The molecule has 3 rings (SSSR count). The highest BCUT2D eigenvalue weighted by molar-refractivity contribution is 5.05. The molecule has 24 heavy (non-hydrogen) atoms. The van der Waals surface area contributed by atoms with E-state index < -0.39 is 0 Å². The minimum atomic E-state index is 0.384. The van der Waals surface area contributed by atoms with Crippen LogP contribution in [-0.2, 0) is 14.2 Å². The van der Waals surface area contributed by atoms with E-state index >= 15 is 0 Å². The van der Waals surface area contributed by atoms with Gasteiger partial charge in [-0.2, -0.15) is 0 Å². The summed E-state index contributed by atoms with van der Waals surface area (Å²) in [5, 5.41) is 0. The number of ether oxygens (including phenoxy) is 3. The van der Waals surface area contributed by atoms with E-state index in [0.717, 1.165) is 38.6 Å². The maximum absolute atomic E-state index is 6.00. The molecule has 1 heterocycles. The van der Waals surface area contributed by atoms with Crippen LogP contribution >= 0.6 is 0 Å². The first-order chi connectivity index (χ1) is 11.6. The molecular formula is C20H37NO3. The standard InChI is InChI=1S/C20H37NO3/c1-4-22-7-5-6-8-23-19-11-20(12-19)14-21(15-20)13-17-9-18(10-17)24-16(2)3/h16-19H,4-15H2,1-3H3. The molecule has 2 aliphatic carbocycles. The van der Waals surface area contributed by atoms with E-state index in [0.29, 0.717) is 23.7 Å². The van der Waals surface area contributed by atoms with E-state index in [-0.39, 0.29) is 0 Å². The molecule has 1 saturated heterocycles. The molecule has 2 saturated carbocycles. The fourth-order valence-corrected chi connectivity index (χ4v) is 4.70. The molecule has 0 bridgehead atoms. The molecule has 3 aliphatic rings. The Labute approximate surface area is 148 Å². The summed E-state index contributed by atoms with van der Waals surface area (Å²) in [4.78, 5) is 2.66. The second-order valence-corrected chi connectivity index (χ2v) is 8.62. The van der Waals surface area contributed by atoms with E-state index in [1.165, 1.54) is 45.3 Å². The molecule has 0 aromatic rings. The van der Waals surface area contributed by atoms with Gasteiger partial charge in [0, 0.05) is 44.9 Å². The Balaban J connectivity index is 1.17. The number of rotatable bonds is 11. The van der Waals surface area contributed by atoms with Gasteiger partial charge in [-0.25, -0.2) is 0 Å². The van der Waals surface area contributed by atoms with Crippen LogP contribution in [0.3, 0.4) is 0 Å². The molecule has 0 aromatic heterocycles. The van der Waals surface area contributed by atoms with Gasteiger partial charge in [-0.1, -0.05) is 0 Å². The third kappa shape index (κ3) is 4.94. The lowest BCUT2D eigenvalue weighted by Gasteiger charge is -2.60. The van der Waals surface area contributed by atoms with Crippen LogP contribution in [0, 0.1) is 11.3 Å². The van der Waals surface area contributed by atoms with Crippen molar-refractivity contribution >= 4 is 0 Å². The third-order valence-electron chi connectivity index (χ3n) is 5.85. The van der Waals surface area contributed by atoms with Gasteiger partial charge in [0.05, 0.1) is 18.3 Å². The predicted octanol–water partition coefficient (Wildman–Crippen LogP) is 3.49. The second-order valence-electron chi connectivity index (χ2n) is 8.62. The zero-order valence-corrected chi connectivity index (χ0v) is 16.0. The number of likely N-dealkylation sites (tertiary alicyclic amines) is 1. The highest BCUT2D eigenvalue weighted by Crippen LogP contribution is 2.50. The lowest BCUT2D eigenvalue weighted by molar-refractivity contribution is -0.160. The molecule has 1 spiro atoms. The molecule has 140 valence electrons. The Kier molecular flexibility index (Phi) is 6.58. The highest BCUT2D eigenvalue weighted by Gasteiger charge is 2.53. The van der Waals surface area contributed by atoms with Crippen LogP contribution in [0.15, 0.2) is 0 Å². The minimum Gasteiger partial charge on any atom is -0.382 e. The third-order valence-corrected chi connectivity index (χ3v) is 5.85. The van der Waals surface area contributed by atoms with Crippen molar-refractivity contribution in [1.82, 2.24) is 4.90 Å². The summed E-state index contributed by atoms with van der Waals surface area (Å²) in [5.41, 5.74) is 0.619. The Hall–Kier alpha value is -0.160. The quantitative estimate of drug-likeness (QED) is 0.539. The van der Waals surface area contributed by atoms with Crippen molar-refractivity contribution < 1.29 is 14.2 Å². The predicted molar refractivity (Wildman–Crippen MR) is 96.3 cm³/mol. The van der Waals surface area contributed by atoms with Crippen LogP contribution in [0.4, 0.5) is 0 Å². The van der Waals surface area contributed by atoms with Gasteiger partial charge in [0.1, 0.15) is 0 Å². The summed E-state index contributed by atoms with van der Waals surface area (Å²) in [5.74, 6) is 0.878. The van der Waals surface area contributed by atoms with Gasteiger partial charge in [-0.3, -0.25) is 0 Å². The molecule has 0 radical (unpaired) electrons. The molecule has 0 aromatic carbocycles. The summed E-state index contributed by atoms with van der Waals surface area (Å²) in [7, 11) is 0. The molecule has 0 amide bonds. The molecule has 4 nitrogen and oxygen atoms in total. The molecule has 3 fully saturated rings. The van der Waals surface area contributed by atoms with E-state index in [1.54, 1.807) is 0 Å². The van der Waals surface area contributed by atoms with Crippen molar-refractivity contribution in [3.63, 3.8) is 0 Å². The zero-order chi connectivity index (χ0) is 17.0. The Morgan fingerprint density at radius 3 is 2.42 bits per heavy atom. The van der Waals surface area contributed by atoms with Gasteiger partial charge in [0.15, 0.2) is 0 Å². The molecule has 1 aliphatic heterocycles. The maximum atomic E-state index is 6.00. The SMILES string of the molecule is CCOCCCCOC1CC2(C1)CN(CC1CC(OC(C)C)C1)C2. The molecule has 0 atom stereocenters. The summed E-state index contributed by atoms with van der Waals surface area (Å²) in [6.07, 6.45) is 8.84. The zero-order valence-electron chi connectivity index (χ0n) is 16.0. The lowest BCUT2D eigenvalue weighted by Crippen LogP contribution is -2.65. The topological polar surface area (TPSA) is 30.9 Å². The number of hydrogen-bond donors (Lipinski definition) is 0. The van der Waals surface area contributed by atoms with Gasteiger partial charge in [-0.05, 0) is 65.2 Å². The number of hydrogen-bond acceptors (Lipinski definition) is 4. The monoisotopic (exact) mass is 339 g/mol. The van der Waals surface area contributed by atoms with Gasteiger partial charge < -0.3 is 19.1 Å². The van der Waals surface area contributed by atoms with E-state index in [9.17, 15) is 0 Å². The minimum absolute atomic E-state index is 0.384. The fraction of sp³-hybridized carbons (Fsp3) is 1.00. The summed E-state index contributed by atoms with van der Waals surface area (Å²) >= 11 is 0. The first kappa shape index (κ1) is 18.6. The van der Waals surface area contributed by atoms with E-state index in [1.807, 2.05) is 0 Å². The van der Waals surface area contributed by atoms with Gasteiger partial charge in [0.2, 0.25) is 0 Å². The summed E-state index contributed by atoms with van der Waals surface area (Å²) in [6.45, 7) is 12.9.